The second-order valence-corrected chi connectivity index (χ2v) is 11.6. The fourth-order valence-electron chi connectivity index (χ4n) is 4.79. The number of nitrogens with one attached hydrogen (secondary N) is 2. The molecule has 2 aromatic carbocycles. The van der Waals surface area contributed by atoms with Crippen molar-refractivity contribution >= 4 is 22.7 Å². The lowest BCUT2D eigenvalue weighted by atomic mass is 9.90. The average molecular weight is 551 g/mol. The Balaban J connectivity index is 0.000000722. The lowest BCUT2D eigenvalue weighted by Gasteiger charge is -2.33. The van der Waals surface area contributed by atoms with Crippen LogP contribution in [-0.4, -0.2) is 52.5 Å². The van der Waals surface area contributed by atoms with Crippen molar-refractivity contribution in [3.05, 3.63) is 40.9 Å². The predicted molar refractivity (Wildman–Crippen MR) is 168 cm³/mol. The summed E-state index contributed by atoms with van der Waals surface area (Å²) in [5, 5.41) is 6.22. The molecule has 2 heterocycles. The molecule has 0 amide bonds. The Morgan fingerprint density at radius 2 is 1.26 bits per heavy atom. The van der Waals surface area contributed by atoms with E-state index in [1.54, 1.807) is 0 Å². The predicted octanol–water partition coefficient (Wildman–Crippen LogP) is 4.22. The maximum absolute atomic E-state index is 11.9. The van der Waals surface area contributed by atoms with Crippen LogP contribution >= 0.6 is 0 Å². The number of hydrogen-bond donors (Lipinski definition) is 2. The summed E-state index contributed by atoms with van der Waals surface area (Å²) in [4.78, 5) is 50.6. The Morgan fingerprint density at radius 3 is 1.72 bits per heavy atom. The summed E-state index contributed by atoms with van der Waals surface area (Å²) in [5.41, 5.74) is 1.18. The summed E-state index contributed by atoms with van der Waals surface area (Å²) >= 11 is 0. The summed E-state index contributed by atoms with van der Waals surface area (Å²) in [5.74, 6) is 0.718. The standard InChI is InChI=1S/C17H28N2O2.C11H16N2O3.C2H6.2H2/c1-12-6-10-19(11-7-12)14-13(15(20)16(14)21)18-9-5-8-17(2,3)4;1-2-3-12-8-9(11(15)10(8)14)13-4-6-16-7-5-13;1-2;;/h12,18H,5-11H2,1-4H3;12H,2-7H2,1H3;1-2H3;2*1H. The van der Waals surface area contributed by atoms with Gasteiger partial charge >= 0.3 is 0 Å². The van der Waals surface area contributed by atoms with Gasteiger partial charge in [0.15, 0.2) is 0 Å². The zero-order chi connectivity index (χ0) is 29.2. The first kappa shape index (κ1) is 32.5. The molecule has 2 saturated heterocycles. The van der Waals surface area contributed by atoms with Crippen LogP contribution in [0.3, 0.4) is 0 Å². The zero-order valence-corrected chi connectivity index (χ0v) is 25.2. The second kappa shape index (κ2) is 15.2. The van der Waals surface area contributed by atoms with Gasteiger partial charge < -0.3 is 25.2 Å². The molecule has 0 spiro atoms. The van der Waals surface area contributed by atoms with E-state index in [0.29, 0.717) is 54.5 Å². The Bertz CT molecular complexity index is 1170. The minimum absolute atomic E-state index is 0. The topological polar surface area (TPSA) is 108 Å². The van der Waals surface area contributed by atoms with Gasteiger partial charge in [0.2, 0.25) is 0 Å². The van der Waals surface area contributed by atoms with Gasteiger partial charge in [0.05, 0.1) is 13.2 Å². The van der Waals surface area contributed by atoms with Crippen molar-refractivity contribution in [2.24, 2.45) is 11.3 Å². The van der Waals surface area contributed by atoms with Gasteiger partial charge in [-0.05, 0) is 43.4 Å². The van der Waals surface area contributed by atoms with Crippen molar-refractivity contribution in [2.75, 3.05) is 72.9 Å². The molecule has 2 N–H and O–H groups in total. The van der Waals surface area contributed by atoms with Crippen molar-refractivity contribution in [1.29, 1.82) is 0 Å². The van der Waals surface area contributed by atoms with E-state index in [9.17, 15) is 19.2 Å². The first-order valence-electron chi connectivity index (χ1n) is 14.8. The Morgan fingerprint density at radius 1 is 0.795 bits per heavy atom. The molecule has 39 heavy (non-hydrogen) atoms. The van der Waals surface area contributed by atoms with Crippen LogP contribution in [0.4, 0.5) is 22.7 Å². The molecule has 0 saturated carbocycles. The highest BCUT2D eigenvalue weighted by Crippen LogP contribution is 2.27. The van der Waals surface area contributed by atoms with E-state index in [1.165, 1.54) is 0 Å². The van der Waals surface area contributed by atoms with Crippen molar-refractivity contribution in [1.82, 2.24) is 0 Å². The molecular formula is C30H54N4O5. The van der Waals surface area contributed by atoms with Gasteiger partial charge in [-0.15, -0.1) is 0 Å². The number of nitrogens with zero attached hydrogens (tertiary/aromatic N) is 2. The molecule has 0 aliphatic carbocycles. The van der Waals surface area contributed by atoms with Crippen molar-refractivity contribution in [2.45, 2.75) is 80.6 Å². The molecule has 2 aliphatic heterocycles. The van der Waals surface area contributed by atoms with E-state index in [-0.39, 0.29) is 24.6 Å². The summed E-state index contributed by atoms with van der Waals surface area (Å²) < 4.78 is 5.22. The minimum Gasteiger partial charge on any atom is -0.380 e. The maximum atomic E-state index is 11.9. The van der Waals surface area contributed by atoms with E-state index in [4.69, 9.17) is 4.74 Å². The summed E-state index contributed by atoms with van der Waals surface area (Å²) in [6, 6.07) is 0. The van der Waals surface area contributed by atoms with Gasteiger partial charge in [0, 0.05) is 42.1 Å². The Labute approximate surface area is 236 Å². The average Bonchev–Trinajstić information content (AvgIpc) is 2.94. The third-order valence-electron chi connectivity index (χ3n) is 7.15. The zero-order valence-electron chi connectivity index (χ0n) is 25.2. The molecule has 2 aliphatic rings. The van der Waals surface area contributed by atoms with Crippen LogP contribution in [0.25, 0.3) is 0 Å². The largest absolute Gasteiger partial charge is 0.380 e. The van der Waals surface area contributed by atoms with E-state index in [2.05, 4.69) is 43.2 Å². The number of piperidine rings is 1. The highest BCUT2D eigenvalue weighted by atomic mass is 16.5. The van der Waals surface area contributed by atoms with Crippen LogP contribution in [0.15, 0.2) is 19.2 Å². The van der Waals surface area contributed by atoms with E-state index in [0.717, 1.165) is 64.2 Å². The molecular weight excluding hydrogens is 496 g/mol. The number of anilines is 4. The van der Waals surface area contributed by atoms with Crippen LogP contribution in [0.5, 0.6) is 0 Å². The first-order chi connectivity index (χ1) is 18.5. The minimum atomic E-state index is -0.380. The molecule has 0 bridgehead atoms. The van der Waals surface area contributed by atoms with Crippen molar-refractivity contribution < 1.29 is 7.59 Å². The quantitative estimate of drug-likeness (QED) is 0.350. The molecule has 0 unspecified atom stereocenters. The Hall–Kier alpha value is -2.68. The van der Waals surface area contributed by atoms with Crippen LogP contribution in [-0.2, 0) is 4.74 Å². The van der Waals surface area contributed by atoms with Gasteiger partial charge in [0.1, 0.15) is 22.7 Å². The fraction of sp³-hybridized carbons (Fsp3) is 0.733. The fourth-order valence-corrected chi connectivity index (χ4v) is 4.79. The number of morpholine rings is 1. The van der Waals surface area contributed by atoms with Crippen LogP contribution in [0.2, 0.25) is 0 Å². The van der Waals surface area contributed by atoms with Crippen molar-refractivity contribution in [3.63, 3.8) is 0 Å². The van der Waals surface area contributed by atoms with Crippen LogP contribution < -0.4 is 42.1 Å². The molecule has 0 aromatic heterocycles. The van der Waals surface area contributed by atoms with E-state index in [1.807, 2.05) is 25.7 Å². The molecule has 9 nitrogen and oxygen atoms in total. The van der Waals surface area contributed by atoms with E-state index < -0.39 is 0 Å². The smallest absolute Gasteiger partial charge is 0.253 e. The highest BCUT2D eigenvalue weighted by molar-refractivity contribution is 5.76. The molecule has 0 atom stereocenters. The first-order valence-corrected chi connectivity index (χ1v) is 14.8. The van der Waals surface area contributed by atoms with Gasteiger partial charge in [-0.3, -0.25) is 19.2 Å². The van der Waals surface area contributed by atoms with E-state index >= 15 is 0 Å². The van der Waals surface area contributed by atoms with Gasteiger partial charge in [-0.1, -0.05) is 48.5 Å². The van der Waals surface area contributed by atoms with Crippen LogP contribution in [0.1, 0.15) is 83.4 Å². The third kappa shape index (κ3) is 8.65. The van der Waals surface area contributed by atoms with Gasteiger partial charge in [0.25, 0.3) is 21.7 Å². The van der Waals surface area contributed by atoms with Crippen LogP contribution in [0, 0.1) is 11.3 Å². The summed E-state index contributed by atoms with van der Waals surface area (Å²) in [6.45, 7) is 20.8. The van der Waals surface area contributed by atoms with Crippen molar-refractivity contribution in [3.8, 4) is 0 Å². The number of hydrogen-bond acceptors (Lipinski definition) is 9. The third-order valence-corrected chi connectivity index (χ3v) is 7.15. The highest BCUT2D eigenvalue weighted by Gasteiger charge is 2.28. The molecule has 224 valence electrons. The summed E-state index contributed by atoms with van der Waals surface area (Å²) in [6.07, 6.45) is 5.25. The Kier molecular flexibility index (Phi) is 12.7. The van der Waals surface area contributed by atoms with Gasteiger partial charge in [-0.2, -0.15) is 0 Å². The maximum Gasteiger partial charge on any atom is 0.253 e. The number of ether oxygens (including phenoxy) is 1. The van der Waals surface area contributed by atoms with Gasteiger partial charge in [-0.25, -0.2) is 0 Å². The SMILES string of the molecule is CC.CC1CCN(c2c(NCCCC(C)(C)C)c(=O)c2=O)CC1.CCCNc1c(N2CCOCC2)c(=O)c1=O.[HH].[HH]. The normalized spacial score (nSPS) is 16.4. The summed E-state index contributed by atoms with van der Waals surface area (Å²) in [7, 11) is 0. The molecule has 2 fully saturated rings. The molecule has 4 rings (SSSR count). The second-order valence-electron chi connectivity index (χ2n) is 11.6. The molecule has 0 radical (unpaired) electrons. The number of rotatable bonds is 9. The monoisotopic (exact) mass is 550 g/mol. The molecule has 9 heteroatoms. The lowest BCUT2D eigenvalue weighted by Crippen LogP contribution is -2.47. The lowest BCUT2D eigenvalue weighted by molar-refractivity contribution is 0.122. The molecule has 2 aromatic rings.